The van der Waals surface area contributed by atoms with Gasteiger partial charge in [-0.2, -0.15) is 0 Å². The predicted octanol–water partition coefficient (Wildman–Crippen LogP) is 3.69. The smallest absolute Gasteiger partial charge is 0.264 e. The zero-order chi connectivity index (χ0) is 22.4. The van der Waals surface area contributed by atoms with Crippen LogP contribution in [-0.2, 0) is 10.0 Å². The van der Waals surface area contributed by atoms with Crippen LogP contribution in [0, 0.1) is 6.92 Å². The van der Waals surface area contributed by atoms with Gasteiger partial charge in [-0.15, -0.1) is 0 Å². The zero-order valence-corrected chi connectivity index (χ0v) is 18.8. The van der Waals surface area contributed by atoms with Gasteiger partial charge >= 0.3 is 0 Å². The number of carbonyl (C=O) groups is 1. The molecule has 0 unspecified atom stereocenters. The highest BCUT2D eigenvalue weighted by atomic mass is 32.2. The van der Waals surface area contributed by atoms with Crippen LogP contribution in [0.4, 0.5) is 11.4 Å². The van der Waals surface area contributed by atoms with Crippen molar-refractivity contribution in [3.05, 3.63) is 90.0 Å². The van der Waals surface area contributed by atoms with E-state index in [1.54, 1.807) is 36.4 Å². The molecule has 0 atom stereocenters. The Kier molecular flexibility index (Phi) is 6.97. The molecule has 0 aliphatic carbocycles. The van der Waals surface area contributed by atoms with E-state index in [0.29, 0.717) is 24.3 Å². The summed E-state index contributed by atoms with van der Waals surface area (Å²) in [7, 11) is -0.316. The van der Waals surface area contributed by atoms with Gasteiger partial charge in [0.25, 0.3) is 15.9 Å². The molecule has 0 saturated carbocycles. The lowest BCUT2D eigenvalue weighted by Gasteiger charge is -2.20. The number of hydrogen-bond donors (Lipinski definition) is 1. The molecule has 1 N–H and O–H groups in total. The van der Waals surface area contributed by atoms with Crippen LogP contribution in [0.2, 0.25) is 0 Å². The van der Waals surface area contributed by atoms with Crippen molar-refractivity contribution in [2.75, 3.05) is 36.4 Å². The number of nitrogens with zero attached hydrogens (tertiary/aromatic N) is 2. The van der Waals surface area contributed by atoms with Crippen molar-refractivity contribution >= 4 is 27.3 Å². The van der Waals surface area contributed by atoms with Crippen LogP contribution in [-0.4, -0.2) is 41.5 Å². The number of anilines is 2. The Morgan fingerprint density at radius 3 is 2.23 bits per heavy atom. The highest BCUT2D eigenvalue weighted by molar-refractivity contribution is 7.92. The summed E-state index contributed by atoms with van der Waals surface area (Å²) in [4.78, 5) is 14.7. The van der Waals surface area contributed by atoms with Crippen LogP contribution in [0.25, 0.3) is 0 Å². The highest BCUT2D eigenvalue weighted by Crippen LogP contribution is 2.22. The van der Waals surface area contributed by atoms with Crippen molar-refractivity contribution in [3.8, 4) is 0 Å². The summed E-state index contributed by atoms with van der Waals surface area (Å²) >= 11 is 0. The fourth-order valence-corrected chi connectivity index (χ4v) is 4.34. The zero-order valence-electron chi connectivity index (χ0n) is 17.9. The molecule has 0 aliphatic rings. The van der Waals surface area contributed by atoms with Gasteiger partial charge in [0.2, 0.25) is 0 Å². The van der Waals surface area contributed by atoms with E-state index in [1.165, 1.54) is 29.0 Å². The summed E-state index contributed by atoms with van der Waals surface area (Å²) in [6.07, 6.45) is 0. The molecule has 0 heterocycles. The quantitative estimate of drug-likeness (QED) is 0.584. The number of aryl methyl sites for hydroxylation is 1. The molecule has 6 nitrogen and oxygen atoms in total. The lowest BCUT2D eigenvalue weighted by Crippen LogP contribution is -2.33. The topological polar surface area (TPSA) is 69.7 Å². The first-order chi connectivity index (χ1) is 14.8. The van der Waals surface area contributed by atoms with Gasteiger partial charge in [0.05, 0.1) is 10.6 Å². The Morgan fingerprint density at radius 2 is 1.55 bits per heavy atom. The summed E-state index contributed by atoms with van der Waals surface area (Å²) in [5.74, 6) is -0.309. The van der Waals surface area contributed by atoms with Gasteiger partial charge in [0.1, 0.15) is 0 Å². The van der Waals surface area contributed by atoms with E-state index < -0.39 is 10.0 Å². The number of amides is 1. The fourth-order valence-electron chi connectivity index (χ4n) is 3.10. The Labute approximate surface area is 184 Å². The molecular formula is C24H27N3O3S. The first kappa shape index (κ1) is 22.4. The third-order valence-corrected chi connectivity index (χ3v) is 6.86. The van der Waals surface area contributed by atoms with E-state index in [-0.39, 0.29) is 10.8 Å². The van der Waals surface area contributed by atoms with Crippen molar-refractivity contribution in [2.24, 2.45) is 0 Å². The summed E-state index contributed by atoms with van der Waals surface area (Å²) in [6, 6.07) is 23.1. The summed E-state index contributed by atoms with van der Waals surface area (Å²) in [5.41, 5.74) is 3.12. The van der Waals surface area contributed by atoms with Gasteiger partial charge in [-0.25, -0.2) is 8.42 Å². The van der Waals surface area contributed by atoms with Gasteiger partial charge in [-0.05, 0) is 49.4 Å². The van der Waals surface area contributed by atoms with E-state index in [0.717, 1.165) is 5.69 Å². The summed E-state index contributed by atoms with van der Waals surface area (Å²) in [5, 5.41) is 2.86. The first-order valence-corrected chi connectivity index (χ1v) is 11.4. The molecule has 0 spiro atoms. The number of benzene rings is 3. The number of nitrogens with one attached hydrogen (secondary N) is 1. The van der Waals surface area contributed by atoms with E-state index in [2.05, 4.69) is 10.2 Å². The van der Waals surface area contributed by atoms with Crippen LogP contribution >= 0.6 is 0 Å². The molecule has 31 heavy (non-hydrogen) atoms. The van der Waals surface area contributed by atoms with Gasteiger partial charge in [0, 0.05) is 38.4 Å². The molecule has 1 amide bonds. The Balaban J connectivity index is 1.65. The minimum absolute atomic E-state index is 0.0725. The minimum Gasteiger partial charge on any atom is -0.373 e. The standard InChI is InChI=1S/C24H27N3O3S/c1-19-12-14-21(15-13-19)26(2)17-16-25-24(28)20-8-7-11-23(18-20)31(29,30)27(3)22-9-5-4-6-10-22/h4-15,18H,16-17H2,1-3H3,(H,25,28). The van der Waals surface area contributed by atoms with Gasteiger partial charge in [-0.1, -0.05) is 42.0 Å². The van der Waals surface area contributed by atoms with Crippen LogP contribution in [0.5, 0.6) is 0 Å². The van der Waals surface area contributed by atoms with Crippen LogP contribution in [0.1, 0.15) is 15.9 Å². The molecule has 0 bridgehead atoms. The number of para-hydroxylation sites is 1. The minimum atomic E-state index is -3.78. The highest BCUT2D eigenvalue weighted by Gasteiger charge is 2.22. The van der Waals surface area contributed by atoms with Crippen molar-refractivity contribution in [1.29, 1.82) is 0 Å². The molecular weight excluding hydrogens is 410 g/mol. The number of likely N-dealkylation sites (N-methyl/N-ethyl adjacent to an activating group) is 1. The monoisotopic (exact) mass is 437 g/mol. The van der Waals surface area contributed by atoms with Crippen LogP contribution < -0.4 is 14.5 Å². The van der Waals surface area contributed by atoms with Gasteiger partial charge in [0.15, 0.2) is 0 Å². The molecule has 3 rings (SSSR count). The second kappa shape index (κ2) is 9.66. The van der Waals surface area contributed by atoms with Crippen molar-refractivity contribution in [3.63, 3.8) is 0 Å². The maximum atomic E-state index is 13.0. The van der Waals surface area contributed by atoms with Crippen molar-refractivity contribution in [2.45, 2.75) is 11.8 Å². The van der Waals surface area contributed by atoms with Crippen molar-refractivity contribution in [1.82, 2.24) is 5.32 Å². The maximum Gasteiger partial charge on any atom is 0.264 e. The Bertz CT molecular complexity index is 1130. The number of rotatable bonds is 8. The molecule has 7 heteroatoms. The lowest BCUT2D eigenvalue weighted by molar-refractivity contribution is 0.0954. The van der Waals surface area contributed by atoms with Gasteiger partial charge in [-0.3, -0.25) is 9.10 Å². The Morgan fingerprint density at radius 1 is 0.871 bits per heavy atom. The molecule has 0 radical (unpaired) electrons. The first-order valence-electron chi connectivity index (χ1n) is 9.99. The molecule has 0 fully saturated rings. The molecule has 3 aromatic carbocycles. The van der Waals surface area contributed by atoms with E-state index >= 15 is 0 Å². The van der Waals surface area contributed by atoms with E-state index in [9.17, 15) is 13.2 Å². The summed E-state index contributed by atoms with van der Waals surface area (Å²) < 4.78 is 27.2. The maximum absolute atomic E-state index is 13.0. The number of sulfonamides is 1. The molecule has 3 aromatic rings. The average Bonchev–Trinajstić information content (AvgIpc) is 2.79. The Hall–Kier alpha value is -3.32. The van der Waals surface area contributed by atoms with Crippen LogP contribution in [0.15, 0.2) is 83.8 Å². The molecule has 0 aliphatic heterocycles. The summed E-state index contributed by atoms with van der Waals surface area (Å²) in [6.45, 7) is 3.10. The van der Waals surface area contributed by atoms with Crippen LogP contribution in [0.3, 0.4) is 0 Å². The average molecular weight is 438 g/mol. The van der Waals surface area contributed by atoms with Gasteiger partial charge < -0.3 is 10.2 Å². The molecule has 0 aromatic heterocycles. The largest absolute Gasteiger partial charge is 0.373 e. The third-order valence-electron chi connectivity index (χ3n) is 5.08. The van der Waals surface area contributed by atoms with E-state index in [4.69, 9.17) is 0 Å². The SMILES string of the molecule is Cc1ccc(N(C)CCNC(=O)c2cccc(S(=O)(=O)N(C)c3ccccc3)c2)cc1. The van der Waals surface area contributed by atoms with Crippen molar-refractivity contribution < 1.29 is 13.2 Å². The third kappa shape index (κ3) is 5.44. The second-order valence-electron chi connectivity index (χ2n) is 7.35. The second-order valence-corrected chi connectivity index (χ2v) is 9.32. The number of hydrogen-bond acceptors (Lipinski definition) is 4. The molecule has 0 saturated heterocycles. The normalized spacial score (nSPS) is 11.1. The lowest BCUT2D eigenvalue weighted by atomic mass is 10.2. The number of carbonyl (C=O) groups excluding carboxylic acids is 1. The molecule has 162 valence electrons. The fraction of sp³-hybridized carbons (Fsp3) is 0.208. The predicted molar refractivity (Wildman–Crippen MR) is 125 cm³/mol. The van der Waals surface area contributed by atoms with E-state index in [1.807, 2.05) is 44.3 Å².